The van der Waals surface area contributed by atoms with Gasteiger partial charge in [0, 0.05) is 0 Å². The number of aryl methyl sites for hydroxylation is 2. The Labute approximate surface area is 186 Å². The Balaban J connectivity index is 1.68. The molecule has 1 aliphatic heterocycles. The molecule has 6 nitrogen and oxygen atoms in total. The van der Waals surface area contributed by atoms with Crippen molar-refractivity contribution in [2.75, 3.05) is 7.11 Å². The summed E-state index contributed by atoms with van der Waals surface area (Å²) in [5.74, 6) is 0.887. The molecular weight excluding hydrogens is 404 g/mol. The number of esters is 1. The van der Waals surface area contributed by atoms with Crippen LogP contribution in [0.2, 0.25) is 0 Å². The number of carbonyl (C=O) groups excluding carboxylic acids is 2. The third kappa shape index (κ3) is 4.34. The summed E-state index contributed by atoms with van der Waals surface area (Å²) in [5, 5.41) is 5.59. The molecule has 0 aromatic heterocycles. The van der Waals surface area contributed by atoms with Gasteiger partial charge < -0.3 is 20.1 Å². The minimum absolute atomic E-state index is 0.334. The molecule has 0 saturated carbocycles. The Morgan fingerprint density at radius 2 is 1.56 bits per heavy atom. The second-order valence-electron chi connectivity index (χ2n) is 7.59. The molecule has 1 unspecified atom stereocenters. The van der Waals surface area contributed by atoms with Gasteiger partial charge in [-0.3, -0.25) is 0 Å². The van der Waals surface area contributed by atoms with Crippen LogP contribution < -0.4 is 15.4 Å². The highest BCUT2D eigenvalue weighted by molar-refractivity contribution is 6.04. The van der Waals surface area contributed by atoms with Gasteiger partial charge in [0.25, 0.3) is 0 Å². The first-order valence-electron chi connectivity index (χ1n) is 10.3. The van der Waals surface area contributed by atoms with Gasteiger partial charge in [0.1, 0.15) is 11.5 Å². The molecule has 3 aromatic rings. The topological polar surface area (TPSA) is 76.7 Å². The first-order valence-corrected chi connectivity index (χ1v) is 10.3. The smallest absolute Gasteiger partial charge is 0.338 e. The average Bonchev–Trinajstić information content (AvgIpc) is 2.81. The van der Waals surface area contributed by atoms with Gasteiger partial charge in [0.05, 0.1) is 24.4 Å². The summed E-state index contributed by atoms with van der Waals surface area (Å²) in [6.07, 6.45) is 0. The monoisotopic (exact) mass is 428 g/mol. The molecule has 0 bridgehead atoms. The van der Waals surface area contributed by atoms with E-state index in [9.17, 15) is 9.59 Å². The number of ether oxygens (including phenoxy) is 2. The number of hydrogen-bond acceptors (Lipinski definition) is 4. The summed E-state index contributed by atoms with van der Waals surface area (Å²) < 4.78 is 11.0. The maximum absolute atomic E-state index is 12.7. The molecule has 2 N–H and O–H groups in total. The number of methoxy groups -OCH3 is 1. The van der Waals surface area contributed by atoms with Crippen LogP contribution in [0.3, 0.4) is 0 Å². The second-order valence-corrected chi connectivity index (χ2v) is 7.59. The van der Waals surface area contributed by atoms with Gasteiger partial charge in [0.15, 0.2) is 0 Å². The van der Waals surface area contributed by atoms with Crippen molar-refractivity contribution in [2.45, 2.75) is 19.9 Å². The standard InChI is InChI=1S/C26H24N2O4/c1-16-9-12-21(15-17(16)2)32-20-13-10-19(11-14-20)24-22(25(29)31-3)23(27-26(30)28-24)18-7-5-4-6-8-18/h4-15,24H,1-3H3,(H2,27,28,30). The van der Waals surface area contributed by atoms with E-state index < -0.39 is 18.0 Å². The predicted molar refractivity (Wildman–Crippen MR) is 122 cm³/mol. The molecule has 1 heterocycles. The van der Waals surface area contributed by atoms with Crippen LogP contribution in [0.15, 0.2) is 78.4 Å². The van der Waals surface area contributed by atoms with E-state index in [1.165, 1.54) is 12.7 Å². The number of nitrogens with one attached hydrogen (secondary N) is 2. The summed E-state index contributed by atoms with van der Waals surface area (Å²) in [6, 6.07) is 21.4. The van der Waals surface area contributed by atoms with Gasteiger partial charge in [-0.25, -0.2) is 9.59 Å². The zero-order valence-electron chi connectivity index (χ0n) is 18.1. The maximum atomic E-state index is 12.7. The summed E-state index contributed by atoms with van der Waals surface area (Å²) in [5.41, 5.74) is 4.58. The fourth-order valence-electron chi connectivity index (χ4n) is 3.62. The Kier molecular flexibility index (Phi) is 5.94. The molecule has 3 aromatic carbocycles. The lowest BCUT2D eigenvalue weighted by Crippen LogP contribution is -2.45. The third-order valence-electron chi connectivity index (χ3n) is 5.47. The Hall–Kier alpha value is -4.06. The minimum Gasteiger partial charge on any atom is -0.466 e. The molecule has 0 spiro atoms. The maximum Gasteiger partial charge on any atom is 0.338 e. The van der Waals surface area contributed by atoms with Gasteiger partial charge in [-0.1, -0.05) is 48.5 Å². The van der Waals surface area contributed by atoms with Crippen LogP contribution in [-0.2, 0) is 9.53 Å². The van der Waals surface area contributed by atoms with Crippen molar-refractivity contribution in [3.63, 3.8) is 0 Å². The van der Waals surface area contributed by atoms with Crippen LogP contribution in [0.5, 0.6) is 11.5 Å². The van der Waals surface area contributed by atoms with E-state index in [4.69, 9.17) is 9.47 Å². The lowest BCUT2D eigenvalue weighted by Gasteiger charge is -2.29. The highest BCUT2D eigenvalue weighted by Gasteiger charge is 2.34. The molecule has 1 aliphatic rings. The number of hydrogen-bond donors (Lipinski definition) is 2. The molecular formula is C26H24N2O4. The number of benzene rings is 3. The van der Waals surface area contributed by atoms with Gasteiger partial charge in [-0.2, -0.15) is 0 Å². The normalized spacial score (nSPS) is 15.6. The molecule has 0 radical (unpaired) electrons. The van der Waals surface area contributed by atoms with E-state index in [2.05, 4.69) is 17.6 Å². The quantitative estimate of drug-likeness (QED) is 0.559. The van der Waals surface area contributed by atoms with Crippen molar-refractivity contribution in [3.05, 3.63) is 101 Å². The highest BCUT2D eigenvalue weighted by atomic mass is 16.5. The molecule has 0 fully saturated rings. The summed E-state index contributed by atoms with van der Waals surface area (Å²) >= 11 is 0. The lowest BCUT2D eigenvalue weighted by atomic mass is 9.92. The molecule has 162 valence electrons. The Bertz CT molecular complexity index is 1180. The largest absolute Gasteiger partial charge is 0.466 e. The van der Waals surface area contributed by atoms with Crippen molar-refractivity contribution in [3.8, 4) is 11.5 Å². The molecule has 1 atom stereocenters. The van der Waals surface area contributed by atoms with Crippen LogP contribution >= 0.6 is 0 Å². The molecule has 0 saturated heterocycles. The summed E-state index contributed by atoms with van der Waals surface area (Å²) in [6.45, 7) is 4.09. The molecule has 6 heteroatoms. The van der Waals surface area contributed by atoms with E-state index in [0.717, 1.165) is 22.4 Å². The van der Waals surface area contributed by atoms with Crippen molar-refractivity contribution in [1.29, 1.82) is 0 Å². The van der Waals surface area contributed by atoms with Crippen molar-refractivity contribution < 1.29 is 19.1 Å². The van der Waals surface area contributed by atoms with E-state index in [1.54, 1.807) is 0 Å². The SMILES string of the molecule is COC(=O)C1=C(c2ccccc2)NC(=O)NC1c1ccc(Oc2ccc(C)c(C)c2)cc1. The van der Waals surface area contributed by atoms with Crippen LogP contribution in [0.4, 0.5) is 4.79 Å². The first kappa shape index (κ1) is 21.2. The van der Waals surface area contributed by atoms with Crippen LogP contribution in [-0.4, -0.2) is 19.1 Å². The van der Waals surface area contributed by atoms with Crippen LogP contribution in [0, 0.1) is 13.8 Å². The predicted octanol–water partition coefficient (Wildman–Crippen LogP) is 5.03. The van der Waals surface area contributed by atoms with E-state index in [0.29, 0.717) is 17.0 Å². The fourth-order valence-corrected chi connectivity index (χ4v) is 3.62. The van der Waals surface area contributed by atoms with Crippen LogP contribution in [0.1, 0.15) is 28.3 Å². The Morgan fingerprint density at radius 1 is 0.875 bits per heavy atom. The lowest BCUT2D eigenvalue weighted by molar-refractivity contribution is -0.136. The van der Waals surface area contributed by atoms with Crippen LogP contribution in [0.25, 0.3) is 5.70 Å². The minimum atomic E-state index is -0.665. The third-order valence-corrected chi connectivity index (χ3v) is 5.47. The molecule has 0 aliphatic carbocycles. The van der Waals surface area contributed by atoms with Crippen molar-refractivity contribution >= 4 is 17.7 Å². The second kappa shape index (κ2) is 8.98. The Morgan fingerprint density at radius 3 is 2.22 bits per heavy atom. The van der Waals surface area contributed by atoms with Gasteiger partial charge >= 0.3 is 12.0 Å². The summed E-state index contributed by atoms with van der Waals surface area (Å²) in [7, 11) is 1.33. The molecule has 2 amide bonds. The number of carbonyl (C=O) groups is 2. The van der Waals surface area contributed by atoms with Gasteiger partial charge in [0.2, 0.25) is 0 Å². The van der Waals surface area contributed by atoms with Gasteiger partial charge in [-0.15, -0.1) is 0 Å². The number of urea groups is 1. The van der Waals surface area contributed by atoms with E-state index in [-0.39, 0.29) is 0 Å². The highest BCUT2D eigenvalue weighted by Crippen LogP contribution is 2.33. The van der Waals surface area contributed by atoms with E-state index >= 15 is 0 Å². The van der Waals surface area contributed by atoms with Gasteiger partial charge in [-0.05, 0) is 60.4 Å². The first-order chi connectivity index (χ1) is 15.5. The molecule has 32 heavy (non-hydrogen) atoms. The molecule has 4 rings (SSSR count). The van der Waals surface area contributed by atoms with Crippen molar-refractivity contribution in [1.82, 2.24) is 10.6 Å². The van der Waals surface area contributed by atoms with E-state index in [1.807, 2.05) is 79.7 Å². The summed E-state index contributed by atoms with van der Waals surface area (Å²) in [4.78, 5) is 25.1. The number of rotatable bonds is 5. The average molecular weight is 428 g/mol. The zero-order valence-corrected chi connectivity index (χ0v) is 18.1. The number of amides is 2. The van der Waals surface area contributed by atoms with Crippen molar-refractivity contribution in [2.24, 2.45) is 0 Å². The zero-order chi connectivity index (χ0) is 22.7. The fraction of sp³-hybridized carbons (Fsp3) is 0.154.